The van der Waals surface area contributed by atoms with Crippen LogP contribution in [0.5, 0.6) is 0 Å². The molecule has 2 aliphatic rings. The highest BCUT2D eigenvalue weighted by atomic mass is 16.7. The first-order valence-corrected chi connectivity index (χ1v) is 10.5. The van der Waals surface area contributed by atoms with Crippen molar-refractivity contribution in [2.45, 2.75) is 57.8 Å². The molecule has 30 heavy (non-hydrogen) atoms. The lowest BCUT2D eigenvalue weighted by molar-refractivity contribution is -0.143. The largest absolute Gasteiger partial charge is 0.498 e. The average molecular weight is 420 g/mol. The van der Waals surface area contributed by atoms with E-state index in [4.69, 9.17) is 14.4 Å². The highest BCUT2D eigenvalue weighted by molar-refractivity contribution is 6.61. The number of likely N-dealkylation sites (tertiary alicyclic amines) is 1. The number of amides is 1. The van der Waals surface area contributed by atoms with Gasteiger partial charge in [-0.3, -0.25) is 4.79 Å². The maximum Gasteiger partial charge on any atom is 0.498 e. The van der Waals surface area contributed by atoms with Gasteiger partial charge < -0.3 is 29.3 Å². The topological polar surface area (TPSA) is 108 Å². The number of aromatic nitrogens is 2. The van der Waals surface area contributed by atoms with Crippen molar-refractivity contribution in [2.24, 2.45) is 5.92 Å². The molecule has 2 fully saturated rings. The number of nitrogens with zero attached hydrogens (tertiary/aromatic N) is 4. The van der Waals surface area contributed by atoms with Gasteiger partial charge in [0.15, 0.2) is 6.10 Å². The monoisotopic (exact) mass is 420 g/mol. The van der Waals surface area contributed by atoms with Crippen LogP contribution in [0.25, 0.3) is 0 Å². The van der Waals surface area contributed by atoms with E-state index in [-0.39, 0.29) is 5.92 Å². The number of piperidine rings is 1. The van der Waals surface area contributed by atoms with Crippen LogP contribution >= 0.6 is 0 Å². The van der Waals surface area contributed by atoms with Crippen molar-refractivity contribution in [2.75, 3.05) is 38.2 Å². The van der Waals surface area contributed by atoms with Crippen molar-refractivity contribution in [1.82, 2.24) is 14.9 Å². The third-order valence-corrected chi connectivity index (χ3v) is 6.35. The first-order valence-electron chi connectivity index (χ1n) is 10.5. The molecule has 2 unspecified atom stereocenters. The zero-order valence-electron chi connectivity index (χ0n) is 18.5. The van der Waals surface area contributed by atoms with Crippen molar-refractivity contribution in [3.63, 3.8) is 0 Å². The number of aliphatic hydroxyl groups excluding tert-OH is 2. The van der Waals surface area contributed by atoms with Crippen LogP contribution in [0.15, 0.2) is 12.4 Å². The summed E-state index contributed by atoms with van der Waals surface area (Å²) in [5.74, 6) is 0.423. The molecule has 1 amide bonds. The van der Waals surface area contributed by atoms with Gasteiger partial charge in [-0.1, -0.05) is 0 Å². The van der Waals surface area contributed by atoms with Crippen LogP contribution < -0.4 is 10.4 Å². The molecule has 9 nitrogen and oxygen atoms in total. The van der Waals surface area contributed by atoms with E-state index in [9.17, 15) is 9.90 Å². The Labute approximate surface area is 178 Å². The molecule has 10 heteroatoms. The van der Waals surface area contributed by atoms with Gasteiger partial charge in [-0.25, -0.2) is 9.97 Å². The molecule has 3 rings (SSSR count). The van der Waals surface area contributed by atoms with E-state index in [0.717, 1.165) is 18.3 Å². The van der Waals surface area contributed by atoms with Crippen LogP contribution in [0.1, 0.15) is 40.5 Å². The molecule has 0 radical (unpaired) electrons. The summed E-state index contributed by atoms with van der Waals surface area (Å²) in [6.07, 6.45) is 3.97. The lowest BCUT2D eigenvalue weighted by Crippen LogP contribution is -2.48. The quantitative estimate of drug-likeness (QED) is 0.610. The second kappa shape index (κ2) is 8.78. The minimum absolute atomic E-state index is 0.241. The zero-order chi connectivity index (χ0) is 22.1. The smallest absolute Gasteiger partial charge is 0.399 e. The van der Waals surface area contributed by atoms with Gasteiger partial charge in [0.25, 0.3) is 5.91 Å². The van der Waals surface area contributed by atoms with Gasteiger partial charge in [0.1, 0.15) is 0 Å². The number of hydrogen-bond donors (Lipinski definition) is 2. The highest BCUT2D eigenvalue weighted by Gasteiger charge is 2.52. The van der Waals surface area contributed by atoms with E-state index in [0.29, 0.717) is 25.6 Å². The Morgan fingerprint density at radius 1 is 1.30 bits per heavy atom. The minimum Gasteiger partial charge on any atom is -0.399 e. The molecule has 0 saturated carbocycles. The Balaban J connectivity index is 1.59. The Morgan fingerprint density at radius 3 is 2.47 bits per heavy atom. The maximum atomic E-state index is 12.1. The van der Waals surface area contributed by atoms with Gasteiger partial charge >= 0.3 is 7.12 Å². The summed E-state index contributed by atoms with van der Waals surface area (Å²) < 4.78 is 12.1. The van der Waals surface area contributed by atoms with E-state index >= 15 is 0 Å². The fraction of sp³-hybridized carbons (Fsp3) is 0.750. The molecule has 2 N–H and O–H groups in total. The van der Waals surface area contributed by atoms with Crippen LogP contribution in [0, 0.1) is 5.92 Å². The molecule has 0 spiro atoms. The van der Waals surface area contributed by atoms with Crippen molar-refractivity contribution >= 4 is 24.4 Å². The molecule has 0 aromatic carbocycles. The minimum atomic E-state index is -1.34. The third-order valence-electron chi connectivity index (χ3n) is 6.35. The number of aliphatic hydroxyl groups is 2. The summed E-state index contributed by atoms with van der Waals surface area (Å²) in [7, 11) is 1.43. The highest BCUT2D eigenvalue weighted by Crippen LogP contribution is 2.36. The van der Waals surface area contributed by atoms with E-state index in [1.165, 1.54) is 0 Å². The molecule has 166 valence electrons. The van der Waals surface area contributed by atoms with Gasteiger partial charge in [0.2, 0.25) is 5.95 Å². The van der Waals surface area contributed by atoms with E-state index in [1.807, 2.05) is 39.6 Å². The second-order valence-corrected chi connectivity index (χ2v) is 9.28. The molecule has 1 aromatic rings. The number of hydrogen-bond acceptors (Lipinski definition) is 8. The molecular formula is C20H33BN4O5. The van der Waals surface area contributed by atoms with Crippen LogP contribution in [0.4, 0.5) is 5.95 Å². The number of carbonyl (C=O) groups excluding carboxylic acids is 1. The molecule has 2 aliphatic heterocycles. The molecule has 2 atom stereocenters. The van der Waals surface area contributed by atoms with Crippen molar-refractivity contribution in [3.8, 4) is 0 Å². The average Bonchev–Trinajstić information content (AvgIpc) is 2.94. The Morgan fingerprint density at radius 2 is 1.90 bits per heavy atom. The first kappa shape index (κ1) is 22.9. The summed E-state index contributed by atoms with van der Waals surface area (Å²) in [6.45, 7) is 9.32. The third kappa shape index (κ3) is 4.77. The van der Waals surface area contributed by atoms with Crippen LogP contribution in [-0.2, 0) is 14.1 Å². The first-order chi connectivity index (χ1) is 14.0. The number of rotatable bonds is 6. The number of carbonyl (C=O) groups is 1. The van der Waals surface area contributed by atoms with E-state index < -0.39 is 36.9 Å². The number of anilines is 1. The summed E-state index contributed by atoms with van der Waals surface area (Å²) >= 11 is 0. The van der Waals surface area contributed by atoms with Crippen molar-refractivity contribution in [1.29, 1.82) is 0 Å². The molecule has 0 aliphatic carbocycles. The van der Waals surface area contributed by atoms with Gasteiger partial charge in [-0.2, -0.15) is 0 Å². The normalized spacial score (nSPS) is 24.0. The van der Waals surface area contributed by atoms with E-state index in [1.54, 1.807) is 17.3 Å². The molecule has 2 saturated heterocycles. The lowest BCUT2D eigenvalue weighted by atomic mass is 9.81. The fourth-order valence-corrected chi connectivity index (χ4v) is 3.80. The van der Waals surface area contributed by atoms with E-state index in [2.05, 4.69) is 9.97 Å². The van der Waals surface area contributed by atoms with Crippen LogP contribution in [0.3, 0.4) is 0 Å². The summed E-state index contributed by atoms with van der Waals surface area (Å²) in [5, 5.41) is 18.6. The van der Waals surface area contributed by atoms with Crippen molar-refractivity contribution < 1.29 is 24.3 Å². The fourth-order valence-electron chi connectivity index (χ4n) is 3.80. The Hall–Kier alpha value is -1.75. The predicted molar refractivity (Wildman–Crippen MR) is 113 cm³/mol. The molecule has 0 bridgehead atoms. The molecular weight excluding hydrogens is 387 g/mol. The maximum absolute atomic E-state index is 12.1. The van der Waals surface area contributed by atoms with Gasteiger partial charge in [0.05, 0.1) is 17.8 Å². The summed E-state index contributed by atoms with van der Waals surface area (Å²) in [6, 6.07) is 0. The Kier molecular flexibility index (Phi) is 6.71. The lowest BCUT2D eigenvalue weighted by Gasteiger charge is -2.35. The molecule has 3 heterocycles. The zero-order valence-corrected chi connectivity index (χ0v) is 18.5. The van der Waals surface area contributed by atoms with Crippen LogP contribution in [-0.4, -0.2) is 88.7 Å². The summed E-state index contributed by atoms with van der Waals surface area (Å²) in [5.41, 5.74) is -0.0552. The second-order valence-electron chi connectivity index (χ2n) is 9.28. The van der Waals surface area contributed by atoms with Crippen molar-refractivity contribution in [3.05, 3.63) is 12.4 Å². The van der Waals surface area contributed by atoms with Crippen LogP contribution in [0.2, 0.25) is 0 Å². The Bertz CT molecular complexity index is 729. The predicted octanol–water partition coefficient (Wildman–Crippen LogP) is -0.196. The molecule has 1 aromatic heterocycles. The van der Waals surface area contributed by atoms with Gasteiger partial charge in [-0.05, 0) is 46.5 Å². The van der Waals surface area contributed by atoms with Gasteiger partial charge in [-0.15, -0.1) is 0 Å². The SMILES string of the molecule is CN(CC1CCCN(C(=O)C(O)CO)C1)c1ncc(B2OC(C)(C)C(C)(C)O2)cn1. The summed E-state index contributed by atoms with van der Waals surface area (Å²) in [4.78, 5) is 24.7. The van der Waals surface area contributed by atoms with Gasteiger partial charge in [0, 0.05) is 44.5 Å². The standard InChI is InChI=1S/C20H33BN4O5/c1-19(2)20(3,4)30-21(29-19)15-9-22-18(23-10-15)24(5)11-14-7-6-8-25(12-14)17(28)16(27)13-26/h9-10,14,16,26-27H,6-8,11-13H2,1-5H3.